The van der Waals surface area contributed by atoms with Gasteiger partial charge in [0.05, 0.1) is 17.1 Å². The number of thioether (sulfide) groups is 1. The second-order valence-corrected chi connectivity index (χ2v) is 7.35. The summed E-state index contributed by atoms with van der Waals surface area (Å²) in [6, 6.07) is 17.2. The molecule has 1 unspecified atom stereocenters. The maximum Gasteiger partial charge on any atom is 0.229 e. The van der Waals surface area contributed by atoms with Crippen molar-refractivity contribution >= 4 is 45.9 Å². The van der Waals surface area contributed by atoms with Crippen LogP contribution in [0.2, 0.25) is 0 Å². The minimum atomic E-state index is -0.371. The van der Waals surface area contributed by atoms with Crippen LogP contribution in [0.4, 0.5) is 11.4 Å². The zero-order chi connectivity index (χ0) is 18.8. The third-order valence-corrected chi connectivity index (χ3v) is 5.53. The van der Waals surface area contributed by atoms with Crippen molar-refractivity contribution in [3.05, 3.63) is 60.8 Å². The number of aromatic nitrogens is 1. The number of nitrogens with zero attached hydrogens (tertiary/aromatic N) is 2. The first-order chi connectivity index (χ1) is 13.2. The molecule has 4 rings (SSSR count). The van der Waals surface area contributed by atoms with Crippen LogP contribution in [0.25, 0.3) is 10.9 Å². The molecule has 2 aromatic carbocycles. The Morgan fingerprint density at radius 3 is 2.74 bits per heavy atom. The SMILES string of the molecule is CSc1ccc(N2CC(C(=O)Nc3cccc4ncccc34)CC2=O)cc1. The van der Waals surface area contributed by atoms with E-state index in [1.165, 1.54) is 0 Å². The van der Waals surface area contributed by atoms with Crippen LogP contribution in [0.15, 0.2) is 65.7 Å². The molecule has 136 valence electrons. The third-order valence-electron chi connectivity index (χ3n) is 4.78. The van der Waals surface area contributed by atoms with Crippen LogP contribution in [0.1, 0.15) is 6.42 Å². The summed E-state index contributed by atoms with van der Waals surface area (Å²) < 4.78 is 0. The van der Waals surface area contributed by atoms with Crippen molar-refractivity contribution < 1.29 is 9.59 Å². The second-order valence-electron chi connectivity index (χ2n) is 6.47. The van der Waals surface area contributed by atoms with E-state index in [1.54, 1.807) is 22.9 Å². The number of nitrogens with one attached hydrogen (secondary N) is 1. The van der Waals surface area contributed by atoms with Gasteiger partial charge in [-0.15, -0.1) is 11.8 Å². The van der Waals surface area contributed by atoms with Gasteiger partial charge in [-0.1, -0.05) is 6.07 Å². The van der Waals surface area contributed by atoms with Crippen molar-refractivity contribution in [3.63, 3.8) is 0 Å². The van der Waals surface area contributed by atoms with Gasteiger partial charge in [-0.05, 0) is 54.8 Å². The van der Waals surface area contributed by atoms with E-state index in [0.29, 0.717) is 6.54 Å². The number of carbonyl (C=O) groups is 2. The molecule has 5 nitrogen and oxygen atoms in total. The highest BCUT2D eigenvalue weighted by molar-refractivity contribution is 7.98. The maximum absolute atomic E-state index is 12.8. The van der Waals surface area contributed by atoms with Gasteiger partial charge in [0.15, 0.2) is 0 Å². The zero-order valence-corrected chi connectivity index (χ0v) is 15.7. The highest BCUT2D eigenvalue weighted by atomic mass is 32.2. The summed E-state index contributed by atoms with van der Waals surface area (Å²) in [6.45, 7) is 0.395. The predicted octanol–water partition coefficient (Wildman–Crippen LogP) is 3.95. The highest BCUT2D eigenvalue weighted by Gasteiger charge is 2.35. The van der Waals surface area contributed by atoms with E-state index in [-0.39, 0.29) is 24.2 Å². The first kappa shape index (κ1) is 17.5. The molecule has 0 spiro atoms. The van der Waals surface area contributed by atoms with E-state index in [9.17, 15) is 9.59 Å². The topological polar surface area (TPSA) is 62.3 Å². The Labute approximate surface area is 161 Å². The number of pyridine rings is 1. The average molecular weight is 377 g/mol. The minimum absolute atomic E-state index is 0.0216. The number of benzene rings is 2. The van der Waals surface area contributed by atoms with Crippen LogP contribution in [0.5, 0.6) is 0 Å². The molecule has 1 N–H and O–H groups in total. The minimum Gasteiger partial charge on any atom is -0.325 e. The zero-order valence-electron chi connectivity index (χ0n) is 14.9. The van der Waals surface area contributed by atoms with Crippen LogP contribution in [0.3, 0.4) is 0 Å². The Balaban J connectivity index is 1.50. The average Bonchev–Trinajstić information content (AvgIpc) is 3.10. The molecule has 2 heterocycles. The molecule has 0 saturated carbocycles. The summed E-state index contributed by atoms with van der Waals surface area (Å²) >= 11 is 1.66. The van der Waals surface area contributed by atoms with Crippen LogP contribution >= 0.6 is 11.8 Å². The second kappa shape index (κ2) is 7.40. The third kappa shape index (κ3) is 3.53. The molecule has 1 atom stereocenters. The van der Waals surface area contributed by atoms with E-state index >= 15 is 0 Å². The molecule has 2 amide bonds. The molecule has 1 saturated heterocycles. The number of hydrogen-bond acceptors (Lipinski definition) is 4. The normalized spacial score (nSPS) is 16.7. The Bertz CT molecular complexity index is 998. The molecule has 0 aliphatic carbocycles. The quantitative estimate of drug-likeness (QED) is 0.700. The van der Waals surface area contributed by atoms with Gasteiger partial charge in [-0.2, -0.15) is 0 Å². The van der Waals surface area contributed by atoms with Gasteiger partial charge in [0.25, 0.3) is 0 Å². The standard InChI is InChI=1S/C21H19N3O2S/c1-27-16-9-7-15(8-10-16)24-13-14(12-20(24)25)21(26)23-19-6-2-5-18-17(19)4-3-11-22-18/h2-11,14H,12-13H2,1H3,(H,23,26). The molecule has 1 aliphatic heterocycles. The lowest BCUT2D eigenvalue weighted by Gasteiger charge is -2.17. The number of carbonyl (C=O) groups excluding carboxylic acids is 2. The fourth-order valence-electron chi connectivity index (χ4n) is 3.34. The van der Waals surface area contributed by atoms with Crippen LogP contribution < -0.4 is 10.2 Å². The molecule has 27 heavy (non-hydrogen) atoms. The fraction of sp³-hybridized carbons (Fsp3) is 0.190. The van der Waals surface area contributed by atoms with E-state index in [0.717, 1.165) is 27.2 Å². The van der Waals surface area contributed by atoms with Crippen molar-refractivity contribution in [3.8, 4) is 0 Å². The lowest BCUT2D eigenvalue weighted by molar-refractivity contribution is -0.122. The van der Waals surface area contributed by atoms with Crippen molar-refractivity contribution in [2.45, 2.75) is 11.3 Å². The Hall–Kier alpha value is -2.86. The van der Waals surface area contributed by atoms with Crippen LogP contribution in [-0.4, -0.2) is 29.6 Å². The van der Waals surface area contributed by atoms with Crippen molar-refractivity contribution in [1.29, 1.82) is 0 Å². The number of fused-ring (bicyclic) bond motifs is 1. The molecule has 6 heteroatoms. The Morgan fingerprint density at radius 2 is 1.96 bits per heavy atom. The van der Waals surface area contributed by atoms with E-state index in [4.69, 9.17) is 0 Å². The summed E-state index contributed by atoms with van der Waals surface area (Å²) in [4.78, 5) is 32.4. The van der Waals surface area contributed by atoms with Crippen LogP contribution in [-0.2, 0) is 9.59 Å². The number of rotatable bonds is 4. The van der Waals surface area contributed by atoms with Gasteiger partial charge >= 0.3 is 0 Å². The largest absolute Gasteiger partial charge is 0.325 e. The van der Waals surface area contributed by atoms with E-state index in [1.807, 2.05) is 60.9 Å². The van der Waals surface area contributed by atoms with Gasteiger partial charge in [-0.25, -0.2) is 0 Å². The van der Waals surface area contributed by atoms with Crippen molar-refractivity contribution in [2.75, 3.05) is 23.0 Å². The van der Waals surface area contributed by atoms with Crippen molar-refractivity contribution in [2.24, 2.45) is 5.92 Å². The molecular weight excluding hydrogens is 358 g/mol. The monoisotopic (exact) mass is 377 g/mol. The first-order valence-corrected chi connectivity index (χ1v) is 9.97. The van der Waals surface area contributed by atoms with Gasteiger partial charge < -0.3 is 10.2 Å². The predicted molar refractivity (Wildman–Crippen MR) is 109 cm³/mol. The molecule has 0 bridgehead atoms. The fourth-order valence-corrected chi connectivity index (χ4v) is 3.75. The van der Waals surface area contributed by atoms with Crippen molar-refractivity contribution in [1.82, 2.24) is 4.98 Å². The number of hydrogen-bond donors (Lipinski definition) is 1. The molecule has 1 aliphatic rings. The summed E-state index contributed by atoms with van der Waals surface area (Å²) in [7, 11) is 0. The number of anilines is 2. The maximum atomic E-state index is 12.8. The Kier molecular flexibility index (Phi) is 4.81. The lowest BCUT2D eigenvalue weighted by Crippen LogP contribution is -2.28. The lowest BCUT2D eigenvalue weighted by atomic mass is 10.1. The molecule has 3 aromatic rings. The van der Waals surface area contributed by atoms with Gasteiger partial charge in [0.1, 0.15) is 0 Å². The highest BCUT2D eigenvalue weighted by Crippen LogP contribution is 2.29. The van der Waals surface area contributed by atoms with E-state index < -0.39 is 0 Å². The summed E-state index contributed by atoms with van der Waals surface area (Å²) in [5, 5.41) is 3.87. The smallest absolute Gasteiger partial charge is 0.229 e. The van der Waals surface area contributed by atoms with Gasteiger partial charge in [-0.3, -0.25) is 14.6 Å². The summed E-state index contributed by atoms with van der Waals surface area (Å²) in [6.07, 6.45) is 3.96. The van der Waals surface area contributed by atoms with E-state index in [2.05, 4.69) is 10.3 Å². The molecule has 1 aromatic heterocycles. The first-order valence-electron chi connectivity index (χ1n) is 8.75. The molecular formula is C21H19N3O2S. The molecule has 1 fully saturated rings. The Morgan fingerprint density at radius 1 is 1.15 bits per heavy atom. The summed E-state index contributed by atoms with van der Waals surface area (Å²) in [5.74, 6) is -0.528. The van der Waals surface area contributed by atoms with Crippen LogP contribution in [0, 0.1) is 5.92 Å². The van der Waals surface area contributed by atoms with Gasteiger partial charge in [0.2, 0.25) is 11.8 Å². The number of amides is 2. The molecule has 0 radical (unpaired) electrons. The summed E-state index contributed by atoms with van der Waals surface area (Å²) in [5.41, 5.74) is 2.39. The van der Waals surface area contributed by atoms with Gasteiger partial charge in [0, 0.05) is 35.1 Å².